The van der Waals surface area contributed by atoms with E-state index in [9.17, 15) is 17.3 Å². The molecule has 156 valence electrons. The first-order valence-electron chi connectivity index (χ1n) is 9.53. The zero-order chi connectivity index (χ0) is 22.1. The minimum atomic E-state index is -6.00. The monoisotopic (exact) mass is 422 g/mol. The van der Waals surface area contributed by atoms with E-state index in [1.807, 2.05) is 59.6 Å². The van der Waals surface area contributed by atoms with Crippen molar-refractivity contribution in [3.05, 3.63) is 115 Å². The molecule has 0 unspecified atom stereocenters. The number of nitrogens with zero attached hydrogens (tertiary/aromatic N) is 2. The van der Waals surface area contributed by atoms with Gasteiger partial charge in [0, 0.05) is 17.7 Å². The molecule has 0 aliphatic heterocycles. The van der Waals surface area contributed by atoms with Crippen LogP contribution >= 0.6 is 0 Å². The maximum Gasteiger partial charge on any atom is 0.673 e. The van der Waals surface area contributed by atoms with Gasteiger partial charge in [-0.3, -0.25) is 0 Å². The normalized spacial score (nSPS) is 11.1. The summed E-state index contributed by atoms with van der Waals surface area (Å²) >= 11 is 0. The van der Waals surface area contributed by atoms with Crippen LogP contribution in [0.3, 0.4) is 0 Å². The first kappa shape index (κ1) is 22.0. The Morgan fingerprint density at radius 1 is 0.613 bits per heavy atom. The van der Waals surface area contributed by atoms with Crippen molar-refractivity contribution in [3.8, 4) is 22.4 Å². The molecule has 4 aromatic rings. The smallest absolute Gasteiger partial charge is 0.418 e. The summed E-state index contributed by atoms with van der Waals surface area (Å²) in [5.41, 5.74) is 5.64. The van der Waals surface area contributed by atoms with Gasteiger partial charge in [0.15, 0.2) is 0 Å². The second-order valence-electron chi connectivity index (χ2n) is 6.53. The van der Waals surface area contributed by atoms with Crippen LogP contribution in [0, 0.1) is 0 Å². The van der Waals surface area contributed by atoms with Crippen LogP contribution < -0.4 is 4.68 Å². The molecule has 0 atom stereocenters. The number of rotatable bonds is 4. The molecule has 0 N–H and O–H groups in total. The van der Waals surface area contributed by atoms with Crippen molar-refractivity contribution in [1.29, 1.82) is 0 Å². The fourth-order valence-electron chi connectivity index (χ4n) is 2.90. The minimum Gasteiger partial charge on any atom is -0.418 e. The number of benzene rings is 3. The summed E-state index contributed by atoms with van der Waals surface area (Å²) in [6, 6.07) is 35.2. The van der Waals surface area contributed by atoms with Crippen molar-refractivity contribution in [3.63, 3.8) is 0 Å². The van der Waals surface area contributed by atoms with E-state index >= 15 is 0 Å². The molecule has 0 aliphatic rings. The predicted octanol–water partition coefficient (Wildman–Crippen LogP) is 6.49. The van der Waals surface area contributed by atoms with Crippen LogP contribution in [0.15, 0.2) is 114 Å². The molecule has 0 radical (unpaired) electrons. The summed E-state index contributed by atoms with van der Waals surface area (Å²) in [7, 11) is -6.00. The Bertz CT molecular complexity index is 1110. The number of hydrogen-bond donors (Lipinski definition) is 0. The second kappa shape index (κ2) is 10.3. The van der Waals surface area contributed by atoms with E-state index in [0.29, 0.717) is 0 Å². The molecule has 1 aromatic heterocycles. The molecule has 0 aliphatic carbocycles. The van der Waals surface area contributed by atoms with Gasteiger partial charge in [-0.15, -0.1) is 0 Å². The van der Waals surface area contributed by atoms with Gasteiger partial charge in [-0.2, -0.15) is 0 Å². The summed E-state index contributed by atoms with van der Waals surface area (Å²) < 4.78 is 40.9. The molecule has 0 saturated heterocycles. The Labute approximate surface area is 178 Å². The van der Waals surface area contributed by atoms with E-state index in [1.54, 1.807) is 0 Å². The van der Waals surface area contributed by atoms with Gasteiger partial charge < -0.3 is 17.3 Å². The van der Waals surface area contributed by atoms with E-state index in [2.05, 4.69) is 65.8 Å². The highest BCUT2D eigenvalue weighted by Gasteiger charge is 2.20. The summed E-state index contributed by atoms with van der Waals surface area (Å²) in [4.78, 5) is 0. The van der Waals surface area contributed by atoms with Gasteiger partial charge in [0.05, 0.1) is 0 Å². The van der Waals surface area contributed by atoms with Crippen molar-refractivity contribution < 1.29 is 21.9 Å². The zero-order valence-electron chi connectivity index (χ0n) is 16.5. The van der Waals surface area contributed by atoms with Crippen LogP contribution in [-0.2, 0) is 0 Å². The number of hydrogen-bond acceptors (Lipinski definition) is 1. The Balaban J connectivity index is 0.000000491. The van der Waals surface area contributed by atoms with Gasteiger partial charge in [0.25, 0.3) is 0 Å². The predicted molar refractivity (Wildman–Crippen MR) is 117 cm³/mol. The van der Waals surface area contributed by atoms with Crippen molar-refractivity contribution in [1.82, 2.24) is 0 Å². The molecule has 0 fully saturated rings. The molecule has 3 aromatic carbocycles. The quantitative estimate of drug-likeness (QED) is 0.155. The molecule has 0 saturated carbocycles. The molecule has 31 heavy (non-hydrogen) atoms. The van der Waals surface area contributed by atoms with Crippen molar-refractivity contribution in [2.24, 2.45) is 5.10 Å². The lowest BCUT2D eigenvalue weighted by atomic mass is 10.0. The number of pyridine rings is 1. The highest BCUT2D eigenvalue weighted by Crippen LogP contribution is 2.23. The fourth-order valence-corrected chi connectivity index (χ4v) is 2.90. The van der Waals surface area contributed by atoms with E-state index in [0.717, 1.165) is 16.8 Å². The van der Waals surface area contributed by atoms with Gasteiger partial charge in [-0.25, -0.2) is 0 Å². The highest BCUT2D eigenvalue weighted by molar-refractivity contribution is 6.50. The van der Waals surface area contributed by atoms with Crippen molar-refractivity contribution in [2.45, 2.75) is 0 Å². The lowest BCUT2D eigenvalue weighted by Gasteiger charge is -2.04. The van der Waals surface area contributed by atoms with Crippen LogP contribution in [0.1, 0.15) is 5.56 Å². The maximum atomic E-state index is 9.75. The van der Waals surface area contributed by atoms with E-state index in [-0.39, 0.29) is 0 Å². The standard InChI is InChI=1S/C24H19N2.BF4/c1-4-10-20(11-5-1)19-25-26-17-16-23(21-12-6-2-7-13-21)18-24(26)22-14-8-3-9-15-22;2-1(3,4)5/h1-19H;/q+1;-1/b25-19+;. The third-order valence-corrected chi connectivity index (χ3v) is 4.24. The SMILES string of the molecule is C(=N\[n+]1ccc(-c2ccccc2)cc1-c1ccccc1)/c1ccccc1.F[B-](F)(F)F. The zero-order valence-corrected chi connectivity index (χ0v) is 16.5. The topological polar surface area (TPSA) is 16.2 Å². The molecule has 1 heterocycles. The molecule has 0 spiro atoms. The van der Waals surface area contributed by atoms with E-state index in [1.165, 1.54) is 11.1 Å². The van der Waals surface area contributed by atoms with Gasteiger partial charge in [-0.1, -0.05) is 83.5 Å². The van der Waals surface area contributed by atoms with Crippen LogP contribution in [0.4, 0.5) is 17.3 Å². The van der Waals surface area contributed by atoms with Crippen LogP contribution in [0.25, 0.3) is 22.4 Å². The summed E-state index contributed by atoms with van der Waals surface area (Å²) in [6.07, 6.45) is 3.90. The third kappa shape index (κ3) is 7.22. The van der Waals surface area contributed by atoms with Crippen molar-refractivity contribution >= 4 is 13.5 Å². The Hall–Kier alpha value is -3.74. The molecule has 7 heteroatoms. The molecule has 0 bridgehead atoms. The Kier molecular flexibility index (Phi) is 7.33. The van der Waals surface area contributed by atoms with Gasteiger partial charge in [0.2, 0.25) is 11.9 Å². The number of aromatic nitrogens is 1. The third-order valence-electron chi connectivity index (χ3n) is 4.24. The van der Waals surface area contributed by atoms with E-state index in [4.69, 9.17) is 0 Å². The van der Waals surface area contributed by atoms with Crippen LogP contribution in [-0.4, -0.2) is 13.5 Å². The lowest BCUT2D eigenvalue weighted by Crippen LogP contribution is -2.30. The van der Waals surface area contributed by atoms with Crippen molar-refractivity contribution in [2.75, 3.05) is 0 Å². The first-order chi connectivity index (χ1) is 14.9. The summed E-state index contributed by atoms with van der Waals surface area (Å²) in [5.74, 6) is 0. The Morgan fingerprint density at radius 2 is 1.10 bits per heavy atom. The average Bonchev–Trinajstić information content (AvgIpc) is 2.78. The summed E-state index contributed by atoms with van der Waals surface area (Å²) in [6.45, 7) is 0. The largest absolute Gasteiger partial charge is 0.673 e. The average molecular weight is 422 g/mol. The second-order valence-corrected chi connectivity index (χ2v) is 6.53. The minimum absolute atomic E-state index is 1.05. The molecule has 4 rings (SSSR count). The first-order valence-corrected chi connectivity index (χ1v) is 9.53. The van der Waals surface area contributed by atoms with Gasteiger partial charge in [-0.05, 0) is 33.9 Å². The molecular formula is C24H19BF4N2. The molecule has 2 nitrogen and oxygen atoms in total. The molecule has 0 amide bonds. The van der Waals surface area contributed by atoms with E-state index < -0.39 is 7.25 Å². The molecular weight excluding hydrogens is 403 g/mol. The Morgan fingerprint density at radius 3 is 1.65 bits per heavy atom. The van der Waals surface area contributed by atoms with Crippen LogP contribution in [0.2, 0.25) is 0 Å². The summed E-state index contributed by atoms with van der Waals surface area (Å²) in [5, 5.41) is 4.68. The maximum absolute atomic E-state index is 9.75. The van der Waals surface area contributed by atoms with Gasteiger partial charge >= 0.3 is 7.25 Å². The fraction of sp³-hybridized carbons (Fsp3) is 0. The highest BCUT2D eigenvalue weighted by atomic mass is 19.5. The van der Waals surface area contributed by atoms with Crippen LogP contribution in [0.5, 0.6) is 0 Å². The lowest BCUT2D eigenvalue weighted by molar-refractivity contribution is -0.667. The number of halogens is 4. The van der Waals surface area contributed by atoms with Gasteiger partial charge in [0.1, 0.15) is 6.21 Å².